The summed E-state index contributed by atoms with van der Waals surface area (Å²) in [6, 6.07) is 14.3. The Morgan fingerprint density at radius 2 is 1.88 bits per heavy atom. The van der Waals surface area contributed by atoms with Gasteiger partial charge in [0.2, 0.25) is 0 Å². The molecule has 0 spiro atoms. The third-order valence-corrected chi connectivity index (χ3v) is 4.34. The van der Waals surface area contributed by atoms with Crippen LogP contribution in [0.1, 0.15) is 21.5 Å². The van der Waals surface area contributed by atoms with Crippen molar-refractivity contribution in [3.05, 3.63) is 77.7 Å². The molecular formula is C20H18N4O. The van der Waals surface area contributed by atoms with Gasteiger partial charge in [0.15, 0.2) is 0 Å². The Hall–Kier alpha value is -3.21. The van der Waals surface area contributed by atoms with Gasteiger partial charge in [-0.1, -0.05) is 30.3 Å². The lowest BCUT2D eigenvalue weighted by molar-refractivity contribution is 0.0955. The number of carbonyl (C=O) groups is 1. The first-order valence-corrected chi connectivity index (χ1v) is 8.30. The summed E-state index contributed by atoms with van der Waals surface area (Å²) in [6.07, 6.45) is 5.80. The van der Waals surface area contributed by atoms with Gasteiger partial charge in [0.25, 0.3) is 5.91 Å². The van der Waals surface area contributed by atoms with Crippen LogP contribution in [0.2, 0.25) is 0 Å². The van der Waals surface area contributed by atoms with Crippen LogP contribution in [0.15, 0.2) is 61.1 Å². The summed E-state index contributed by atoms with van der Waals surface area (Å²) in [7, 11) is 0. The monoisotopic (exact) mass is 330 g/mol. The van der Waals surface area contributed by atoms with E-state index in [2.05, 4.69) is 44.9 Å². The number of benzene rings is 2. The largest absolute Gasteiger partial charge is 0.367 e. The highest BCUT2D eigenvalue weighted by molar-refractivity contribution is 5.95. The molecule has 1 aliphatic carbocycles. The molecule has 0 saturated carbocycles. The van der Waals surface area contributed by atoms with Crippen molar-refractivity contribution in [1.82, 2.24) is 15.3 Å². The van der Waals surface area contributed by atoms with Crippen LogP contribution in [0.25, 0.3) is 11.1 Å². The molecule has 0 fully saturated rings. The number of nitrogens with one attached hydrogen (secondary N) is 2. The van der Waals surface area contributed by atoms with Crippen molar-refractivity contribution in [3.8, 4) is 11.1 Å². The molecule has 124 valence electrons. The van der Waals surface area contributed by atoms with Gasteiger partial charge in [-0.3, -0.25) is 9.78 Å². The maximum atomic E-state index is 12.4. The Labute approximate surface area is 146 Å². The molecule has 0 unspecified atom stereocenters. The molecule has 0 saturated heterocycles. The molecule has 1 heterocycles. The maximum Gasteiger partial charge on any atom is 0.251 e. The van der Waals surface area contributed by atoms with Crippen LogP contribution < -0.4 is 10.6 Å². The summed E-state index contributed by atoms with van der Waals surface area (Å²) in [5.41, 5.74) is 5.75. The summed E-state index contributed by atoms with van der Waals surface area (Å²) in [5.74, 6) is 0.645. The van der Waals surface area contributed by atoms with Crippen LogP contribution in [0.5, 0.6) is 0 Å². The Balaban J connectivity index is 1.36. The minimum atomic E-state index is -0.0558. The molecule has 0 aliphatic heterocycles. The number of aromatic nitrogens is 2. The standard InChI is InChI=1S/C20H18N4O/c25-20(24-10-9-23-19-13-21-7-8-22-19)15-5-6-18-16(12-15)11-14-3-1-2-4-17(14)18/h1-8,12-13H,9-11H2,(H,22,23)(H,24,25). The maximum absolute atomic E-state index is 12.4. The smallest absolute Gasteiger partial charge is 0.251 e. The van der Waals surface area contributed by atoms with E-state index in [9.17, 15) is 4.79 Å². The molecule has 3 aromatic rings. The van der Waals surface area contributed by atoms with E-state index in [1.54, 1.807) is 18.6 Å². The second-order valence-electron chi connectivity index (χ2n) is 5.98. The number of nitrogens with zero attached hydrogens (tertiary/aromatic N) is 2. The molecule has 5 heteroatoms. The average molecular weight is 330 g/mol. The highest BCUT2D eigenvalue weighted by atomic mass is 16.1. The average Bonchev–Trinajstić information content (AvgIpc) is 3.03. The Bertz CT molecular complexity index is 909. The quantitative estimate of drug-likeness (QED) is 0.552. The van der Waals surface area contributed by atoms with E-state index in [-0.39, 0.29) is 5.91 Å². The van der Waals surface area contributed by atoms with Crippen molar-refractivity contribution < 1.29 is 4.79 Å². The lowest BCUT2D eigenvalue weighted by Crippen LogP contribution is -2.29. The zero-order valence-corrected chi connectivity index (χ0v) is 13.7. The van der Waals surface area contributed by atoms with Gasteiger partial charge in [-0.25, -0.2) is 4.98 Å². The normalized spacial score (nSPS) is 11.5. The summed E-state index contributed by atoms with van der Waals surface area (Å²) < 4.78 is 0. The van der Waals surface area contributed by atoms with Crippen molar-refractivity contribution >= 4 is 11.7 Å². The summed E-state index contributed by atoms with van der Waals surface area (Å²) in [6.45, 7) is 1.12. The molecule has 5 nitrogen and oxygen atoms in total. The van der Waals surface area contributed by atoms with E-state index in [4.69, 9.17) is 0 Å². The van der Waals surface area contributed by atoms with E-state index in [1.165, 1.54) is 22.3 Å². The lowest BCUT2D eigenvalue weighted by Gasteiger charge is -2.08. The minimum absolute atomic E-state index is 0.0558. The number of hydrogen-bond acceptors (Lipinski definition) is 4. The topological polar surface area (TPSA) is 66.9 Å². The van der Waals surface area contributed by atoms with Crippen LogP contribution in [-0.4, -0.2) is 29.0 Å². The molecule has 0 atom stereocenters. The predicted molar refractivity (Wildman–Crippen MR) is 97.5 cm³/mol. The first kappa shape index (κ1) is 15.3. The predicted octanol–water partition coefficient (Wildman–Crippen LogP) is 2.89. The minimum Gasteiger partial charge on any atom is -0.367 e. The Morgan fingerprint density at radius 1 is 1.00 bits per heavy atom. The number of rotatable bonds is 5. The van der Waals surface area contributed by atoms with E-state index in [0.717, 1.165) is 6.42 Å². The van der Waals surface area contributed by atoms with Gasteiger partial charge in [-0.05, 0) is 40.8 Å². The zero-order valence-electron chi connectivity index (χ0n) is 13.7. The van der Waals surface area contributed by atoms with Crippen molar-refractivity contribution in [2.24, 2.45) is 0 Å². The summed E-state index contributed by atoms with van der Waals surface area (Å²) in [4.78, 5) is 20.5. The van der Waals surface area contributed by atoms with Gasteiger partial charge in [-0.2, -0.15) is 0 Å². The van der Waals surface area contributed by atoms with E-state index >= 15 is 0 Å². The number of amides is 1. The van der Waals surface area contributed by atoms with Crippen molar-refractivity contribution in [3.63, 3.8) is 0 Å². The molecule has 1 amide bonds. The van der Waals surface area contributed by atoms with Crippen LogP contribution >= 0.6 is 0 Å². The van der Waals surface area contributed by atoms with Gasteiger partial charge >= 0.3 is 0 Å². The van der Waals surface area contributed by atoms with Crippen LogP contribution in [0.4, 0.5) is 5.82 Å². The van der Waals surface area contributed by atoms with Crippen LogP contribution in [0, 0.1) is 0 Å². The number of anilines is 1. The van der Waals surface area contributed by atoms with Gasteiger partial charge in [0.05, 0.1) is 6.20 Å². The van der Waals surface area contributed by atoms with E-state index in [0.29, 0.717) is 24.5 Å². The van der Waals surface area contributed by atoms with Gasteiger partial charge in [0.1, 0.15) is 5.82 Å². The third kappa shape index (κ3) is 3.21. The van der Waals surface area contributed by atoms with Gasteiger partial charge < -0.3 is 10.6 Å². The molecule has 1 aromatic heterocycles. The third-order valence-electron chi connectivity index (χ3n) is 4.34. The lowest BCUT2D eigenvalue weighted by atomic mass is 10.0. The second kappa shape index (κ2) is 6.73. The van der Waals surface area contributed by atoms with Crippen molar-refractivity contribution in [1.29, 1.82) is 0 Å². The number of fused-ring (bicyclic) bond motifs is 3. The molecule has 4 rings (SSSR count). The number of hydrogen-bond donors (Lipinski definition) is 2. The summed E-state index contributed by atoms with van der Waals surface area (Å²) >= 11 is 0. The van der Waals surface area contributed by atoms with Crippen molar-refractivity contribution in [2.75, 3.05) is 18.4 Å². The first-order valence-electron chi connectivity index (χ1n) is 8.30. The SMILES string of the molecule is O=C(NCCNc1cnccn1)c1ccc2c(c1)Cc1ccccc1-2. The molecular weight excluding hydrogens is 312 g/mol. The Kier molecular flexibility index (Phi) is 4.12. The zero-order chi connectivity index (χ0) is 17.1. The highest BCUT2D eigenvalue weighted by Crippen LogP contribution is 2.36. The molecule has 0 radical (unpaired) electrons. The fraction of sp³-hybridized carbons (Fsp3) is 0.150. The molecule has 25 heavy (non-hydrogen) atoms. The highest BCUT2D eigenvalue weighted by Gasteiger charge is 2.19. The first-order chi connectivity index (χ1) is 12.3. The fourth-order valence-corrected chi connectivity index (χ4v) is 3.15. The molecule has 1 aliphatic rings. The number of carbonyl (C=O) groups excluding carboxylic acids is 1. The molecule has 2 aromatic carbocycles. The van der Waals surface area contributed by atoms with Crippen LogP contribution in [0.3, 0.4) is 0 Å². The molecule has 2 N–H and O–H groups in total. The second-order valence-corrected chi connectivity index (χ2v) is 5.98. The van der Waals surface area contributed by atoms with E-state index in [1.807, 2.05) is 18.2 Å². The van der Waals surface area contributed by atoms with Gasteiger partial charge in [-0.15, -0.1) is 0 Å². The van der Waals surface area contributed by atoms with E-state index < -0.39 is 0 Å². The molecule has 0 bridgehead atoms. The fourth-order valence-electron chi connectivity index (χ4n) is 3.15. The van der Waals surface area contributed by atoms with Crippen molar-refractivity contribution in [2.45, 2.75) is 6.42 Å². The van der Waals surface area contributed by atoms with Gasteiger partial charge in [0, 0.05) is 31.0 Å². The summed E-state index contributed by atoms with van der Waals surface area (Å²) in [5, 5.41) is 6.05. The Morgan fingerprint density at radius 3 is 2.76 bits per heavy atom. The van der Waals surface area contributed by atoms with Crippen LogP contribution in [-0.2, 0) is 6.42 Å².